The Labute approximate surface area is 247 Å². The van der Waals surface area contributed by atoms with Crippen LogP contribution in [0.25, 0.3) is 16.6 Å². The molecule has 196 valence electrons. The number of nitro benzene ring substituents is 1. The Morgan fingerprint density at radius 1 is 1.16 bits per heavy atom. The molecular weight excluding hydrogens is 760 g/mol. The maximum Gasteiger partial charge on any atom is 0.269 e. The van der Waals surface area contributed by atoms with Crippen LogP contribution < -0.4 is 16.0 Å². The van der Waals surface area contributed by atoms with Crippen LogP contribution in [-0.4, -0.2) is 34.6 Å². The minimum absolute atomic E-state index is 0.0861. The fourth-order valence-corrected chi connectivity index (χ4v) is 6.81. The number of aromatic nitrogens is 2. The lowest BCUT2D eigenvalue weighted by Crippen LogP contribution is -2.23. The van der Waals surface area contributed by atoms with Gasteiger partial charge in [0.05, 0.1) is 32.2 Å². The van der Waals surface area contributed by atoms with Gasteiger partial charge in [0.25, 0.3) is 11.2 Å². The van der Waals surface area contributed by atoms with Gasteiger partial charge in [0.2, 0.25) is 15.9 Å². The molecule has 0 bridgehead atoms. The number of thioether (sulfide) groups is 1. The number of carbonyl (C=O) groups is 1. The van der Waals surface area contributed by atoms with Crippen LogP contribution in [0.3, 0.4) is 0 Å². The Hall–Kier alpha value is -2.61. The van der Waals surface area contributed by atoms with Crippen molar-refractivity contribution in [1.82, 2.24) is 9.55 Å². The molecule has 0 saturated heterocycles. The number of rotatable bonds is 7. The van der Waals surface area contributed by atoms with Crippen LogP contribution in [0.5, 0.6) is 0 Å². The van der Waals surface area contributed by atoms with Gasteiger partial charge in [-0.25, -0.2) is 18.5 Å². The van der Waals surface area contributed by atoms with E-state index in [1.165, 1.54) is 47.0 Å². The summed E-state index contributed by atoms with van der Waals surface area (Å²) in [5.41, 5.74) is 1.30. The molecule has 0 unspecified atom stereocenters. The molecule has 0 saturated carbocycles. The molecule has 1 aromatic heterocycles. The first-order valence-electron chi connectivity index (χ1n) is 10.6. The predicted octanol–water partition coefficient (Wildman–Crippen LogP) is 4.19. The number of sulfonamides is 1. The smallest absolute Gasteiger partial charge is 0.269 e. The Balaban J connectivity index is 1.71. The van der Waals surface area contributed by atoms with E-state index in [9.17, 15) is 28.1 Å². The number of hydrogen-bond acceptors (Lipinski definition) is 8. The Kier molecular flexibility index (Phi) is 8.40. The molecule has 15 heteroatoms. The fourth-order valence-electron chi connectivity index (χ4n) is 3.52. The fraction of sp³-hybridized carbons (Fsp3) is 0.0870. The number of fused-ring (bicyclic) bond motifs is 1. The third kappa shape index (κ3) is 6.16. The van der Waals surface area contributed by atoms with E-state index in [2.05, 4.69) is 55.5 Å². The first kappa shape index (κ1) is 28.4. The topological polar surface area (TPSA) is 167 Å². The van der Waals surface area contributed by atoms with Gasteiger partial charge in [-0.1, -0.05) is 11.8 Å². The molecule has 1 heterocycles. The van der Waals surface area contributed by atoms with Crippen LogP contribution in [0, 0.1) is 24.2 Å². The number of aryl methyl sites for hydroxylation is 1. The number of nitrogens with zero attached hydrogens (tertiary/aromatic N) is 3. The number of nitro groups is 1. The van der Waals surface area contributed by atoms with Crippen LogP contribution in [-0.2, 0) is 14.8 Å². The van der Waals surface area contributed by atoms with Crippen molar-refractivity contribution in [3.8, 4) is 5.69 Å². The zero-order valence-corrected chi connectivity index (χ0v) is 25.3. The number of halogens is 2. The number of hydrogen-bond donors (Lipinski definition) is 2. The monoisotopic (exact) mass is 777 g/mol. The number of carbonyl (C=O) groups excluding carboxylic acids is 1. The zero-order valence-electron chi connectivity index (χ0n) is 19.3. The summed E-state index contributed by atoms with van der Waals surface area (Å²) in [6.45, 7) is 1.65. The second-order valence-electron chi connectivity index (χ2n) is 7.95. The van der Waals surface area contributed by atoms with Gasteiger partial charge in [0, 0.05) is 25.0 Å². The molecule has 0 radical (unpaired) electrons. The van der Waals surface area contributed by atoms with Gasteiger partial charge in [0.1, 0.15) is 0 Å². The number of nitrogens with two attached hydrogens (primary N) is 1. The van der Waals surface area contributed by atoms with E-state index in [0.29, 0.717) is 27.8 Å². The molecule has 0 aliphatic carbocycles. The van der Waals surface area contributed by atoms with Gasteiger partial charge >= 0.3 is 0 Å². The van der Waals surface area contributed by atoms with Crippen molar-refractivity contribution in [1.29, 1.82) is 0 Å². The van der Waals surface area contributed by atoms with Crippen molar-refractivity contribution < 1.29 is 18.1 Å². The van der Waals surface area contributed by atoms with Crippen molar-refractivity contribution >= 4 is 95.2 Å². The summed E-state index contributed by atoms with van der Waals surface area (Å²) in [5.74, 6) is -0.528. The van der Waals surface area contributed by atoms with E-state index >= 15 is 0 Å². The normalized spacial score (nSPS) is 11.5. The lowest BCUT2D eigenvalue weighted by molar-refractivity contribution is -0.384. The van der Waals surface area contributed by atoms with Crippen molar-refractivity contribution in [3.63, 3.8) is 0 Å². The van der Waals surface area contributed by atoms with E-state index in [0.717, 1.165) is 18.9 Å². The molecule has 0 atom stereocenters. The summed E-state index contributed by atoms with van der Waals surface area (Å²) in [7, 11) is -3.93. The van der Waals surface area contributed by atoms with Gasteiger partial charge in [-0.15, -0.1) is 0 Å². The highest BCUT2D eigenvalue weighted by Crippen LogP contribution is 2.27. The molecule has 0 spiro atoms. The molecule has 0 aliphatic heterocycles. The third-order valence-electron chi connectivity index (χ3n) is 5.31. The maximum absolute atomic E-state index is 13.6. The van der Waals surface area contributed by atoms with Crippen molar-refractivity contribution in [2.75, 3.05) is 11.1 Å². The second-order valence-corrected chi connectivity index (χ2v) is 12.9. The molecule has 0 aliphatic rings. The molecular formula is C23H17I2N5O6S2. The van der Waals surface area contributed by atoms with E-state index in [1.54, 1.807) is 13.0 Å². The van der Waals surface area contributed by atoms with Crippen molar-refractivity contribution in [2.45, 2.75) is 17.0 Å². The molecule has 0 fully saturated rings. The standard InChI is InChI=1S/C23H17I2N5O6S2/c1-12-8-15(30(33)34)4-7-19(12)27-20(31)11-37-23-28-21-17(9-13(24)10-18(21)25)22(32)29(23)14-2-5-16(6-3-14)38(26,35)36/h2-10H,11H2,1H3,(H,27,31)(H2,26,35,36). The number of non-ortho nitro benzene ring substituents is 1. The van der Waals surface area contributed by atoms with Crippen LogP contribution >= 0.6 is 56.9 Å². The summed E-state index contributed by atoms with van der Waals surface area (Å²) >= 11 is 5.22. The van der Waals surface area contributed by atoms with Crippen LogP contribution in [0.1, 0.15) is 5.56 Å². The van der Waals surface area contributed by atoms with Crippen molar-refractivity contribution in [3.05, 3.63) is 87.8 Å². The third-order valence-corrected chi connectivity index (χ3v) is 8.62. The minimum atomic E-state index is -3.93. The van der Waals surface area contributed by atoms with E-state index in [4.69, 9.17) is 5.14 Å². The van der Waals surface area contributed by atoms with E-state index < -0.39 is 20.9 Å². The summed E-state index contributed by atoms with van der Waals surface area (Å²) in [5, 5.41) is 19.5. The average Bonchev–Trinajstić information content (AvgIpc) is 2.84. The first-order chi connectivity index (χ1) is 17.8. The number of amides is 1. The Morgan fingerprint density at radius 3 is 2.45 bits per heavy atom. The Bertz CT molecular complexity index is 1780. The molecule has 38 heavy (non-hydrogen) atoms. The molecule has 3 N–H and O–H groups in total. The largest absolute Gasteiger partial charge is 0.325 e. The van der Waals surface area contributed by atoms with Gasteiger partial charge in [-0.2, -0.15) is 0 Å². The Morgan fingerprint density at radius 2 is 1.84 bits per heavy atom. The molecule has 1 amide bonds. The summed E-state index contributed by atoms with van der Waals surface area (Å²) in [6.07, 6.45) is 0. The lowest BCUT2D eigenvalue weighted by Gasteiger charge is -2.15. The SMILES string of the molecule is Cc1cc([N+](=O)[O-])ccc1NC(=O)CSc1nc2c(I)cc(I)cc2c(=O)n1-c1ccc(S(N)(=O)=O)cc1. The molecule has 4 aromatic rings. The van der Waals surface area contributed by atoms with Crippen LogP contribution in [0.2, 0.25) is 0 Å². The van der Waals surface area contributed by atoms with Crippen LogP contribution in [0.4, 0.5) is 11.4 Å². The number of nitrogens with one attached hydrogen (secondary N) is 1. The average molecular weight is 777 g/mol. The summed E-state index contributed by atoms with van der Waals surface area (Å²) in [4.78, 5) is 41.4. The number of primary sulfonamides is 1. The van der Waals surface area contributed by atoms with Gasteiger partial charge in [-0.3, -0.25) is 24.3 Å². The second kappa shape index (κ2) is 11.2. The number of benzene rings is 3. The zero-order chi connectivity index (χ0) is 27.8. The van der Waals surface area contributed by atoms with Crippen molar-refractivity contribution in [2.24, 2.45) is 5.14 Å². The summed E-state index contributed by atoms with van der Waals surface area (Å²) < 4.78 is 26.3. The van der Waals surface area contributed by atoms with E-state index in [-0.39, 0.29) is 27.1 Å². The van der Waals surface area contributed by atoms with Gasteiger partial charge < -0.3 is 5.32 Å². The summed E-state index contributed by atoms with van der Waals surface area (Å²) in [6, 6.07) is 13.2. The minimum Gasteiger partial charge on any atom is -0.325 e. The highest BCUT2D eigenvalue weighted by molar-refractivity contribution is 14.1. The molecule has 4 rings (SSSR count). The molecule has 3 aromatic carbocycles. The van der Waals surface area contributed by atoms with E-state index in [1.807, 2.05) is 6.07 Å². The highest BCUT2D eigenvalue weighted by Gasteiger charge is 2.18. The van der Waals surface area contributed by atoms with Crippen LogP contribution in [0.15, 0.2) is 69.4 Å². The predicted molar refractivity (Wildman–Crippen MR) is 161 cm³/mol. The number of anilines is 1. The molecule has 11 nitrogen and oxygen atoms in total. The quantitative estimate of drug-likeness (QED) is 0.0927. The highest BCUT2D eigenvalue weighted by atomic mass is 127. The van der Waals surface area contributed by atoms with Gasteiger partial charge in [-0.05, 0) is 100 Å². The lowest BCUT2D eigenvalue weighted by atomic mass is 10.2. The maximum atomic E-state index is 13.6. The first-order valence-corrected chi connectivity index (χ1v) is 15.3. The van der Waals surface area contributed by atoms with Gasteiger partial charge in [0.15, 0.2) is 5.16 Å².